The fourth-order valence-corrected chi connectivity index (χ4v) is 7.43. The smallest absolute Gasteiger partial charge is 0.338 e. The standard InChI is InChI=1S/C20H22N4O4S.C17H22O5/c1-4-13-20(2,3)14(28-17(25)11-8-6-5-7-9-11)16(27-13)24-15-12(29-19(24)26)10-22-18(21)23-15;1-5-13-17(3,4)14(16(21-13)20-11(2)18)22-15(19)12-9-7-6-8-10-12/h5-10,13-14,16H,4H2,1-3H3,(H2,21,22,23);6-10,13-14,16H,5H2,1-4H3/t13-,14+,16-;13-,14+,16+/m11/s1. The number of thiazole rings is 1. The first-order chi connectivity index (χ1) is 24.2. The number of aromatic nitrogens is 3. The molecule has 0 bridgehead atoms. The number of benzene rings is 2. The van der Waals surface area contributed by atoms with Crippen molar-refractivity contribution in [2.24, 2.45) is 10.8 Å². The lowest BCUT2D eigenvalue weighted by Gasteiger charge is -2.30. The molecule has 13 nitrogen and oxygen atoms in total. The molecule has 0 saturated carbocycles. The summed E-state index contributed by atoms with van der Waals surface area (Å²) < 4.78 is 30.8. The number of hydrogen-bond acceptors (Lipinski definition) is 13. The lowest BCUT2D eigenvalue weighted by Crippen LogP contribution is -2.40. The molecule has 14 heteroatoms. The van der Waals surface area contributed by atoms with Gasteiger partial charge in [0.25, 0.3) is 0 Å². The quantitative estimate of drug-likeness (QED) is 0.168. The Morgan fingerprint density at radius 3 is 1.86 bits per heavy atom. The fraction of sp³-hybridized carbons (Fsp3) is 0.459. The fourth-order valence-electron chi connectivity index (χ4n) is 6.61. The third-order valence-electron chi connectivity index (χ3n) is 9.38. The highest BCUT2D eigenvalue weighted by Crippen LogP contribution is 2.47. The van der Waals surface area contributed by atoms with Crippen LogP contribution in [0.3, 0.4) is 0 Å². The topological polar surface area (TPSA) is 171 Å². The maximum Gasteiger partial charge on any atom is 0.338 e. The molecule has 0 radical (unpaired) electrons. The molecule has 0 aliphatic carbocycles. The van der Waals surface area contributed by atoms with Gasteiger partial charge >= 0.3 is 22.8 Å². The Morgan fingerprint density at radius 2 is 1.33 bits per heavy atom. The van der Waals surface area contributed by atoms with Gasteiger partial charge in [0, 0.05) is 17.8 Å². The summed E-state index contributed by atoms with van der Waals surface area (Å²) in [7, 11) is 0. The summed E-state index contributed by atoms with van der Waals surface area (Å²) in [4.78, 5) is 57.1. The number of carbonyl (C=O) groups is 3. The second-order valence-electron chi connectivity index (χ2n) is 13.6. The first-order valence-corrected chi connectivity index (χ1v) is 17.6. The largest absolute Gasteiger partial charge is 0.453 e. The monoisotopic (exact) mass is 720 g/mol. The average molecular weight is 721 g/mol. The van der Waals surface area contributed by atoms with Crippen molar-refractivity contribution in [3.8, 4) is 0 Å². The van der Waals surface area contributed by atoms with Crippen LogP contribution >= 0.6 is 11.3 Å². The van der Waals surface area contributed by atoms with Crippen LogP contribution in [0, 0.1) is 10.8 Å². The van der Waals surface area contributed by atoms with Crippen LogP contribution in [0.2, 0.25) is 0 Å². The second kappa shape index (κ2) is 15.3. The summed E-state index contributed by atoms with van der Waals surface area (Å²) in [5.41, 5.74) is 6.06. The number of nitrogen functional groups attached to an aromatic ring is 1. The van der Waals surface area contributed by atoms with E-state index in [1.54, 1.807) is 48.5 Å². The average Bonchev–Trinajstić information content (AvgIpc) is 3.64. The van der Waals surface area contributed by atoms with E-state index in [1.165, 1.54) is 17.7 Å². The van der Waals surface area contributed by atoms with E-state index in [0.717, 1.165) is 17.8 Å². The minimum absolute atomic E-state index is 0.0613. The number of hydrogen-bond donors (Lipinski definition) is 1. The van der Waals surface area contributed by atoms with E-state index >= 15 is 0 Å². The summed E-state index contributed by atoms with van der Waals surface area (Å²) in [6.45, 7) is 13.2. The lowest BCUT2D eigenvalue weighted by atomic mass is 9.81. The predicted octanol–water partition coefficient (Wildman–Crippen LogP) is 5.93. The number of ether oxygens (including phenoxy) is 5. The second-order valence-corrected chi connectivity index (χ2v) is 14.6. The van der Waals surface area contributed by atoms with Crippen molar-refractivity contribution in [2.45, 2.75) is 98.2 Å². The summed E-state index contributed by atoms with van der Waals surface area (Å²) in [5.74, 6) is -1.31. The van der Waals surface area contributed by atoms with Crippen molar-refractivity contribution in [3.63, 3.8) is 0 Å². The Labute approximate surface area is 300 Å². The van der Waals surface area contributed by atoms with Crippen molar-refractivity contribution < 1.29 is 38.1 Å². The van der Waals surface area contributed by atoms with Gasteiger partial charge in [-0.1, -0.05) is 89.3 Å². The Bertz CT molecular complexity index is 1910. The van der Waals surface area contributed by atoms with Gasteiger partial charge in [0.1, 0.15) is 0 Å². The van der Waals surface area contributed by atoms with Gasteiger partial charge in [0.15, 0.2) is 24.1 Å². The van der Waals surface area contributed by atoms with E-state index in [1.807, 2.05) is 53.7 Å². The zero-order valence-electron chi connectivity index (χ0n) is 29.7. The molecule has 2 aliphatic rings. The van der Waals surface area contributed by atoms with Crippen LogP contribution in [-0.4, -0.2) is 63.1 Å². The minimum atomic E-state index is -0.870. The van der Waals surface area contributed by atoms with E-state index in [4.69, 9.17) is 29.4 Å². The molecule has 272 valence electrons. The molecule has 2 N–H and O–H groups in total. The lowest BCUT2D eigenvalue weighted by molar-refractivity contribution is -0.186. The number of rotatable bonds is 8. The summed E-state index contributed by atoms with van der Waals surface area (Å²) >= 11 is 1.01. The molecule has 2 saturated heterocycles. The Morgan fingerprint density at radius 1 is 0.824 bits per heavy atom. The predicted molar refractivity (Wildman–Crippen MR) is 190 cm³/mol. The van der Waals surface area contributed by atoms with Crippen molar-refractivity contribution in [1.82, 2.24) is 14.5 Å². The number of carbonyl (C=O) groups excluding carboxylic acids is 3. The molecule has 51 heavy (non-hydrogen) atoms. The van der Waals surface area contributed by atoms with Crippen LogP contribution < -0.4 is 10.6 Å². The molecule has 6 rings (SSSR count). The molecule has 0 amide bonds. The minimum Gasteiger partial charge on any atom is -0.453 e. The number of esters is 3. The number of nitrogens with two attached hydrogens (primary N) is 1. The van der Waals surface area contributed by atoms with Crippen LogP contribution in [0.15, 0.2) is 71.7 Å². The summed E-state index contributed by atoms with van der Waals surface area (Å²) in [6, 6.07) is 17.5. The Balaban J connectivity index is 0.000000206. The van der Waals surface area contributed by atoms with E-state index in [0.29, 0.717) is 27.9 Å². The molecule has 4 aromatic rings. The van der Waals surface area contributed by atoms with Gasteiger partial charge in [0.05, 0.1) is 34.2 Å². The van der Waals surface area contributed by atoms with Crippen LogP contribution in [0.25, 0.3) is 10.3 Å². The van der Waals surface area contributed by atoms with Gasteiger partial charge in [-0.25, -0.2) is 14.6 Å². The summed E-state index contributed by atoms with van der Waals surface area (Å²) in [6.07, 6.45) is -0.402. The molecule has 6 atom stereocenters. The van der Waals surface area contributed by atoms with Gasteiger partial charge < -0.3 is 29.4 Å². The molecular weight excluding hydrogens is 676 g/mol. The van der Waals surface area contributed by atoms with E-state index < -0.39 is 53.5 Å². The first-order valence-electron chi connectivity index (χ1n) is 16.8. The number of anilines is 1. The zero-order chi connectivity index (χ0) is 37.1. The molecular formula is C37H44N4O9S. The molecule has 4 heterocycles. The highest BCUT2D eigenvalue weighted by Gasteiger charge is 2.55. The van der Waals surface area contributed by atoms with Gasteiger partial charge in [-0.15, -0.1) is 0 Å². The Hall–Kier alpha value is -4.66. The maximum atomic E-state index is 12.8. The van der Waals surface area contributed by atoms with Crippen LogP contribution in [-0.2, 0) is 28.5 Å². The molecule has 2 aliphatic heterocycles. The number of fused-ring (bicyclic) bond motifs is 1. The van der Waals surface area contributed by atoms with E-state index in [9.17, 15) is 19.2 Å². The van der Waals surface area contributed by atoms with Crippen molar-refractivity contribution >= 4 is 45.5 Å². The zero-order valence-corrected chi connectivity index (χ0v) is 30.5. The number of nitrogens with zero attached hydrogens (tertiary/aromatic N) is 3. The SMILES string of the molecule is CC[C@H]1O[C@@H](n2c(=O)sc3cnc(N)nc32)[C@H](OC(=O)c2ccccc2)C1(C)C.CC[C@H]1O[C@H](OC(C)=O)[C@H](OC(=O)c2ccccc2)C1(C)C. The van der Waals surface area contributed by atoms with Gasteiger partial charge in [-0.3, -0.25) is 14.2 Å². The van der Waals surface area contributed by atoms with Crippen LogP contribution in [0.5, 0.6) is 0 Å². The van der Waals surface area contributed by atoms with E-state index in [2.05, 4.69) is 9.97 Å². The van der Waals surface area contributed by atoms with Crippen LogP contribution in [0.4, 0.5) is 5.95 Å². The normalized spacial score (nSPS) is 24.7. The summed E-state index contributed by atoms with van der Waals surface area (Å²) in [5, 5.41) is 0. The Kier molecular flexibility index (Phi) is 11.3. The molecule has 0 unspecified atom stereocenters. The van der Waals surface area contributed by atoms with Crippen LogP contribution in [0.1, 0.15) is 88.3 Å². The highest BCUT2D eigenvalue weighted by molar-refractivity contribution is 7.16. The van der Waals surface area contributed by atoms with Gasteiger partial charge in [-0.2, -0.15) is 4.98 Å². The van der Waals surface area contributed by atoms with Crippen molar-refractivity contribution in [3.05, 3.63) is 87.7 Å². The van der Waals surface area contributed by atoms with Gasteiger partial charge in [-0.05, 0) is 37.1 Å². The van der Waals surface area contributed by atoms with Crippen molar-refractivity contribution in [1.29, 1.82) is 0 Å². The maximum absolute atomic E-state index is 12.8. The third-order valence-corrected chi connectivity index (χ3v) is 10.3. The van der Waals surface area contributed by atoms with Gasteiger partial charge in [0.2, 0.25) is 12.2 Å². The van der Waals surface area contributed by atoms with Crippen molar-refractivity contribution in [2.75, 3.05) is 5.73 Å². The van der Waals surface area contributed by atoms with E-state index in [-0.39, 0.29) is 23.0 Å². The molecule has 2 aromatic carbocycles. The third kappa shape index (κ3) is 7.82. The molecule has 0 spiro atoms. The molecule has 2 aromatic heterocycles. The molecule has 2 fully saturated rings. The first kappa shape index (κ1) is 37.6. The highest BCUT2D eigenvalue weighted by atomic mass is 32.1.